The highest BCUT2D eigenvalue weighted by atomic mass is 16.1. The topological polar surface area (TPSA) is 98.7 Å². The average molecular weight is 338 g/mol. The average Bonchev–Trinajstić information content (AvgIpc) is 2.57. The minimum absolute atomic E-state index is 0.127. The molecule has 0 aliphatic heterocycles. The molecule has 0 aliphatic carbocycles. The van der Waals surface area contributed by atoms with Crippen LogP contribution in [-0.4, -0.2) is 26.1 Å². The van der Waals surface area contributed by atoms with E-state index in [1.54, 1.807) is 13.2 Å². The summed E-state index contributed by atoms with van der Waals surface area (Å²) in [5.41, 5.74) is 8.41. The summed E-state index contributed by atoms with van der Waals surface area (Å²) in [5, 5.41) is 3.65. The fourth-order valence-corrected chi connectivity index (χ4v) is 2.59. The van der Waals surface area contributed by atoms with Crippen molar-refractivity contribution in [3.8, 4) is 11.3 Å². The Labute approximate surface area is 145 Å². The summed E-state index contributed by atoms with van der Waals surface area (Å²) < 4.78 is 1.45. The van der Waals surface area contributed by atoms with E-state index in [0.717, 1.165) is 11.3 Å². The van der Waals surface area contributed by atoms with Gasteiger partial charge in [0.1, 0.15) is 11.2 Å². The third-order valence-corrected chi connectivity index (χ3v) is 3.97. The molecule has 7 nitrogen and oxygen atoms in total. The van der Waals surface area contributed by atoms with Crippen LogP contribution in [0.5, 0.6) is 0 Å². The first-order chi connectivity index (χ1) is 11.8. The first-order valence-corrected chi connectivity index (χ1v) is 8.17. The van der Waals surface area contributed by atoms with Crippen molar-refractivity contribution >= 4 is 16.7 Å². The molecule has 3 aromatic heterocycles. The fourth-order valence-electron chi connectivity index (χ4n) is 2.59. The van der Waals surface area contributed by atoms with Crippen molar-refractivity contribution in [3.05, 3.63) is 46.8 Å². The van der Waals surface area contributed by atoms with E-state index in [9.17, 15) is 4.79 Å². The Balaban J connectivity index is 2.17. The Hall–Kier alpha value is -2.80. The molecule has 0 aliphatic rings. The predicted octanol–water partition coefficient (Wildman–Crippen LogP) is 2.02. The highest BCUT2D eigenvalue weighted by Crippen LogP contribution is 2.25. The number of fused-ring (bicyclic) bond motifs is 1. The molecule has 0 fully saturated rings. The number of aryl methyl sites for hydroxylation is 1. The Bertz CT molecular complexity index is 970. The lowest BCUT2D eigenvalue weighted by molar-refractivity contribution is 0.535. The monoisotopic (exact) mass is 338 g/mol. The van der Waals surface area contributed by atoms with E-state index in [1.807, 2.05) is 39.0 Å². The summed E-state index contributed by atoms with van der Waals surface area (Å²) in [4.78, 5) is 25.9. The molecular weight excluding hydrogens is 316 g/mol. The van der Waals surface area contributed by atoms with E-state index in [0.29, 0.717) is 29.0 Å². The smallest absolute Gasteiger partial charge is 0.264 e. The molecule has 3 aromatic rings. The number of nitrogens with one attached hydrogen (secondary N) is 1. The van der Waals surface area contributed by atoms with Crippen LogP contribution in [0.4, 0.5) is 5.82 Å². The fraction of sp³-hybridized carbons (Fsp3) is 0.333. The van der Waals surface area contributed by atoms with Crippen LogP contribution < -0.4 is 16.6 Å². The maximum Gasteiger partial charge on any atom is 0.264 e. The van der Waals surface area contributed by atoms with Gasteiger partial charge in [-0.15, -0.1) is 0 Å². The van der Waals surface area contributed by atoms with Crippen LogP contribution in [0, 0.1) is 0 Å². The standard InChI is InChI=1S/C18H22N6O/c1-5-20-16-15-13(22-10-24(4)17(15)25)8-12(23-16)11-6-7-14(21-9-11)18(2,3)19/h6-10H,5,19H2,1-4H3,(H,20,23). The third-order valence-electron chi connectivity index (χ3n) is 3.97. The Morgan fingerprint density at radius 3 is 2.64 bits per heavy atom. The Morgan fingerprint density at radius 1 is 1.28 bits per heavy atom. The molecule has 0 bridgehead atoms. The van der Waals surface area contributed by atoms with Gasteiger partial charge in [-0.2, -0.15) is 0 Å². The van der Waals surface area contributed by atoms with E-state index in [2.05, 4.69) is 20.3 Å². The molecule has 0 amide bonds. The van der Waals surface area contributed by atoms with Crippen molar-refractivity contribution in [3.63, 3.8) is 0 Å². The molecule has 25 heavy (non-hydrogen) atoms. The summed E-state index contributed by atoms with van der Waals surface area (Å²) in [5.74, 6) is 0.534. The Kier molecular flexibility index (Phi) is 4.26. The van der Waals surface area contributed by atoms with Gasteiger partial charge in [0.2, 0.25) is 0 Å². The number of nitrogens with zero attached hydrogens (tertiary/aromatic N) is 4. The summed E-state index contributed by atoms with van der Waals surface area (Å²) in [6.07, 6.45) is 3.26. The molecule has 0 unspecified atom stereocenters. The van der Waals surface area contributed by atoms with Crippen LogP contribution in [-0.2, 0) is 12.6 Å². The normalized spacial score (nSPS) is 11.7. The SMILES string of the molecule is CCNc1nc(-c2ccc(C(C)(C)N)nc2)cc2ncn(C)c(=O)c12. The quantitative estimate of drug-likeness (QED) is 0.755. The number of nitrogens with two attached hydrogens (primary N) is 1. The zero-order valence-electron chi connectivity index (χ0n) is 14.9. The molecule has 0 spiro atoms. The summed E-state index contributed by atoms with van der Waals surface area (Å²) in [6.45, 7) is 6.43. The zero-order valence-corrected chi connectivity index (χ0v) is 14.9. The number of hydrogen-bond donors (Lipinski definition) is 2. The van der Waals surface area contributed by atoms with E-state index in [4.69, 9.17) is 5.73 Å². The minimum atomic E-state index is -0.502. The molecule has 0 atom stereocenters. The van der Waals surface area contributed by atoms with E-state index in [1.165, 1.54) is 10.9 Å². The number of aromatic nitrogens is 4. The summed E-state index contributed by atoms with van der Waals surface area (Å²) >= 11 is 0. The molecule has 3 heterocycles. The molecule has 0 radical (unpaired) electrons. The zero-order chi connectivity index (χ0) is 18.2. The minimum Gasteiger partial charge on any atom is -0.370 e. The second kappa shape index (κ2) is 6.25. The summed E-state index contributed by atoms with van der Waals surface area (Å²) in [7, 11) is 1.68. The van der Waals surface area contributed by atoms with Crippen molar-refractivity contribution in [2.75, 3.05) is 11.9 Å². The van der Waals surface area contributed by atoms with Gasteiger partial charge in [0.25, 0.3) is 5.56 Å². The Morgan fingerprint density at radius 2 is 2.04 bits per heavy atom. The van der Waals surface area contributed by atoms with Crippen molar-refractivity contribution < 1.29 is 0 Å². The first kappa shape index (κ1) is 17.0. The lowest BCUT2D eigenvalue weighted by atomic mass is 10.0. The van der Waals surface area contributed by atoms with Gasteiger partial charge in [-0.05, 0) is 39.0 Å². The van der Waals surface area contributed by atoms with Crippen molar-refractivity contribution in [2.24, 2.45) is 12.8 Å². The van der Waals surface area contributed by atoms with Crippen LogP contribution in [0.25, 0.3) is 22.2 Å². The largest absolute Gasteiger partial charge is 0.370 e. The molecule has 0 saturated carbocycles. The van der Waals surface area contributed by atoms with Gasteiger partial charge >= 0.3 is 0 Å². The van der Waals surface area contributed by atoms with Gasteiger partial charge in [-0.1, -0.05) is 0 Å². The lowest BCUT2D eigenvalue weighted by Crippen LogP contribution is -2.29. The molecule has 0 saturated heterocycles. The van der Waals surface area contributed by atoms with Gasteiger partial charge in [0, 0.05) is 25.4 Å². The van der Waals surface area contributed by atoms with Crippen LogP contribution in [0.15, 0.2) is 35.5 Å². The van der Waals surface area contributed by atoms with Crippen LogP contribution in [0.1, 0.15) is 26.5 Å². The van der Waals surface area contributed by atoms with Gasteiger partial charge in [-0.3, -0.25) is 9.78 Å². The maximum absolute atomic E-state index is 12.4. The molecule has 7 heteroatoms. The molecular formula is C18H22N6O. The van der Waals surface area contributed by atoms with Crippen molar-refractivity contribution in [2.45, 2.75) is 26.3 Å². The van der Waals surface area contributed by atoms with E-state index >= 15 is 0 Å². The second-order valence-electron chi connectivity index (χ2n) is 6.59. The van der Waals surface area contributed by atoms with Crippen LogP contribution >= 0.6 is 0 Å². The molecule has 3 rings (SSSR count). The molecule has 130 valence electrons. The van der Waals surface area contributed by atoms with Crippen LogP contribution in [0.2, 0.25) is 0 Å². The number of hydrogen-bond acceptors (Lipinski definition) is 6. The van der Waals surface area contributed by atoms with E-state index < -0.39 is 5.54 Å². The van der Waals surface area contributed by atoms with Crippen LogP contribution in [0.3, 0.4) is 0 Å². The predicted molar refractivity (Wildman–Crippen MR) is 99.4 cm³/mol. The number of pyridine rings is 2. The van der Waals surface area contributed by atoms with Gasteiger partial charge < -0.3 is 15.6 Å². The summed E-state index contributed by atoms with van der Waals surface area (Å²) in [6, 6.07) is 5.63. The highest BCUT2D eigenvalue weighted by molar-refractivity contribution is 5.91. The lowest BCUT2D eigenvalue weighted by Gasteiger charge is -2.18. The second-order valence-corrected chi connectivity index (χ2v) is 6.59. The van der Waals surface area contributed by atoms with E-state index in [-0.39, 0.29) is 5.56 Å². The number of rotatable bonds is 4. The van der Waals surface area contributed by atoms with Gasteiger partial charge in [0.15, 0.2) is 0 Å². The number of anilines is 1. The van der Waals surface area contributed by atoms with Gasteiger partial charge in [0.05, 0.1) is 28.8 Å². The third kappa shape index (κ3) is 3.23. The highest BCUT2D eigenvalue weighted by Gasteiger charge is 2.17. The van der Waals surface area contributed by atoms with Crippen molar-refractivity contribution in [1.29, 1.82) is 0 Å². The molecule has 3 N–H and O–H groups in total. The van der Waals surface area contributed by atoms with Gasteiger partial charge in [-0.25, -0.2) is 9.97 Å². The first-order valence-electron chi connectivity index (χ1n) is 8.17. The van der Waals surface area contributed by atoms with Crippen molar-refractivity contribution in [1.82, 2.24) is 19.5 Å². The maximum atomic E-state index is 12.4. The molecule has 0 aromatic carbocycles.